The number of benzene rings is 2. The van der Waals surface area contributed by atoms with Gasteiger partial charge in [-0.1, -0.05) is 24.3 Å². The third-order valence-electron chi connectivity index (χ3n) is 2.68. The summed E-state index contributed by atoms with van der Waals surface area (Å²) in [5.74, 6) is -1.11. The van der Waals surface area contributed by atoms with E-state index in [-0.39, 0.29) is 24.0 Å². The van der Waals surface area contributed by atoms with E-state index in [9.17, 15) is 13.6 Å². The lowest BCUT2D eigenvalue weighted by Gasteiger charge is -2.07. The Hall–Kier alpha value is -2.27. The Balaban J connectivity index is 1.78. The molecule has 0 atom stereocenters. The summed E-state index contributed by atoms with van der Waals surface area (Å²) < 4.78 is 26.0. The molecule has 2 N–H and O–H groups in total. The van der Waals surface area contributed by atoms with Gasteiger partial charge in [-0.2, -0.15) is 0 Å². The van der Waals surface area contributed by atoms with Gasteiger partial charge < -0.3 is 10.6 Å². The van der Waals surface area contributed by atoms with Gasteiger partial charge in [0.15, 0.2) is 0 Å². The van der Waals surface area contributed by atoms with E-state index in [1.807, 2.05) is 0 Å². The number of nitrogens with one attached hydrogen (secondary N) is 2. The maximum atomic E-state index is 13.3. The summed E-state index contributed by atoms with van der Waals surface area (Å²) in [7, 11) is 0. The van der Waals surface area contributed by atoms with Crippen LogP contribution in [0, 0.1) is 11.6 Å². The number of hydrogen-bond acceptors (Lipinski definition) is 2. The summed E-state index contributed by atoms with van der Waals surface area (Å²) in [5.41, 5.74) is 1.02. The number of halogens is 2. The summed E-state index contributed by atoms with van der Waals surface area (Å²) in [6, 6.07) is 12.0. The molecule has 3 nitrogen and oxygen atoms in total. The zero-order valence-electron chi connectivity index (χ0n) is 10.7. The predicted octanol–water partition coefficient (Wildman–Crippen LogP) is 2.69. The number of para-hydroxylation sites is 1. The van der Waals surface area contributed by atoms with E-state index >= 15 is 0 Å². The molecule has 0 bridgehead atoms. The Bertz CT molecular complexity index is 585. The highest BCUT2D eigenvalue weighted by Gasteiger charge is 2.05. The SMILES string of the molecule is O=C(CNCc1ccc(F)cc1)Nc1ccccc1F. The van der Waals surface area contributed by atoms with Crippen LogP contribution in [0.15, 0.2) is 48.5 Å². The van der Waals surface area contributed by atoms with Crippen LogP contribution in [0.1, 0.15) is 5.56 Å². The lowest BCUT2D eigenvalue weighted by molar-refractivity contribution is -0.115. The van der Waals surface area contributed by atoms with E-state index in [4.69, 9.17) is 0 Å². The maximum absolute atomic E-state index is 13.3. The largest absolute Gasteiger partial charge is 0.322 e. The Morgan fingerprint density at radius 2 is 1.70 bits per heavy atom. The molecule has 0 saturated heterocycles. The highest BCUT2D eigenvalue weighted by atomic mass is 19.1. The van der Waals surface area contributed by atoms with Crippen molar-refractivity contribution in [2.24, 2.45) is 0 Å². The Morgan fingerprint density at radius 3 is 2.40 bits per heavy atom. The molecular formula is C15H14F2N2O. The number of hydrogen-bond donors (Lipinski definition) is 2. The molecule has 0 saturated carbocycles. The molecular weight excluding hydrogens is 262 g/mol. The number of anilines is 1. The van der Waals surface area contributed by atoms with Crippen LogP contribution in [0.3, 0.4) is 0 Å². The number of amides is 1. The van der Waals surface area contributed by atoms with Gasteiger partial charge in [-0.05, 0) is 29.8 Å². The molecule has 0 heterocycles. The minimum atomic E-state index is -0.473. The molecule has 1 amide bonds. The highest BCUT2D eigenvalue weighted by Crippen LogP contribution is 2.11. The van der Waals surface area contributed by atoms with Crippen LogP contribution in [-0.2, 0) is 11.3 Å². The third-order valence-corrected chi connectivity index (χ3v) is 2.68. The van der Waals surface area contributed by atoms with Gasteiger partial charge in [0, 0.05) is 6.54 Å². The van der Waals surface area contributed by atoms with Crippen LogP contribution in [0.4, 0.5) is 14.5 Å². The second kappa shape index (κ2) is 6.77. The van der Waals surface area contributed by atoms with Crippen molar-refractivity contribution in [2.75, 3.05) is 11.9 Å². The molecule has 0 spiro atoms. The van der Waals surface area contributed by atoms with Crippen molar-refractivity contribution in [2.45, 2.75) is 6.54 Å². The second-order valence-electron chi connectivity index (χ2n) is 4.26. The third kappa shape index (κ3) is 4.13. The van der Waals surface area contributed by atoms with Crippen molar-refractivity contribution in [1.82, 2.24) is 5.32 Å². The highest BCUT2D eigenvalue weighted by molar-refractivity contribution is 5.92. The first-order chi connectivity index (χ1) is 9.65. The van der Waals surface area contributed by atoms with Crippen molar-refractivity contribution in [1.29, 1.82) is 0 Å². The van der Waals surface area contributed by atoms with Gasteiger partial charge in [-0.25, -0.2) is 8.78 Å². The van der Waals surface area contributed by atoms with Crippen molar-refractivity contribution >= 4 is 11.6 Å². The summed E-state index contributed by atoms with van der Waals surface area (Å²) in [6.07, 6.45) is 0. The van der Waals surface area contributed by atoms with Crippen LogP contribution in [0.5, 0.6) is 0 Å². The number of rotatable bonds is 5. The maximum Gasteiger partial charge on any atom is 0.238 e. The summed E-state index contributed by atoms with van der Waals surface area (Å²) in [4.78, 5) is 11.6. The zero-order valence-corrected chi connectivity index (χ0v) is 10.7. The van der Waals surface area contributed by atoms with Crippen LogP contribution < -0.4 is 10.6 Å². The van der Waals surface area contributed by atoms with Crippen LogP contribution in [-0.4, -0.2) is 12.5 Å². The molecule has 0 aliphatic heterocycles. The van der Waals surface area contributed by atoms with Gasteiger partial charge >= 0.3 is 0 Å². The molecule has 0 aromatic heterocycles. The van der Waals surface area contributed by atoms with E-state index in [2.05, 4.69) is 10.6 Å². The molecule has 2 aromatic rings. The van der Waals surface area contributed by atoms with Gasteiger partial charge in [0.2, 0.25) is 5.91 Å². The van der Waals surface area contributed by atoms with Gasteiger partial charge in [-0.3, -0.25) is 4.79 Å². The minimum absolute atomic E-state index is 0.0473. The lowest BCUT2D eigenvalue weighted by atomic mass is 10.2. The van der Waals surface area contributed by atoms with E-state index in [1.54, 1.807) is 24.3 Å². The number of carbonyl (C=O) groups excluding carboxylic acids is 1. The van der Waals surface area contributed by atoms with Crippen LogP contribution in [0.25, 0.3) is 0 Å². The van der Waals surface area contributed by atoms with Crippen LogP contribution in [0.2, 0.25) is 0 Å². The van der Waals surface area contributed by atoms with Gasteiger partial charge in [0.25, 0.3) is 0 Å². The fraction of sp³-hybridized carbons (Fsp3) is 0.133. The van der Waals surface area contributed by atoms with E-state index < -0.39 is 5.82 Å². The van der Waals surface area contributed by atoms with E-state index in [0.29, 0.717) is 6.54 Å². The molecule has 0 aliphatic rings. The summed E-state index contributed by atoms with van der Waals surface area (Å²) >= 11 is 0. The van der Waals surface area contributed by atoms with Crippen molar-refractivity contribution in [3.05, 3.63) is 65.7 Å². The summed E-state index contributed by atoms with van der Waals surface area (Å²) in [6.45, 7) is 0.483. The average molecular weight is 276 g/mol. The first-order valence-corrected chi connectivity index (χ1v) is 6.15. The topological polar surface area (TPSA) is 41.1 Å². The molecule has 5 heteroatoms. The smallest absolute Gasteiger partial charge is 0.238 e. The average Bonchev–Trinajstić information content (AvgIpc) is 2.44. The zero-order chi connectivity index (χ0) is 14.4. The molecule has 0 radical (unpaired) electrons. The Morgan fingerprint density at radius 1 is 1.00 bits per heavy atom. The van der Waals surface area contributed by atoms with Gasteiger partial charge in [-0.15, -0.1) is 0 Å². The Kier molecular flexibility index (Phi) is 4.79. The quantitative estimate of drug-likeness (QED) is 0.881. The first-order valence-electron chi connectivity index (χ1n) is 6.15. The Labute approximate surface area is 115 Å². The second-order valence-corrected chi connectivity index (χ2v) is 4.26. The molecule has 2 rings (SSSR count). The standard InChI is InChI=1S/C15H14F2N2O/c16-12-7-5-11(6-8-12)9-18-10-15(20)19-14-4-2-1-3-13(14)17/h1-8,18H,9-10H2,(H,19,20). The minimum Gasteiger partial charge on any atom is -0.322 e. The van der Waals surface area contributed by atoms with Crippen molar-refractivity contribution in [3.8, 4) is 0 Å². The monoisotopic (exact) mass is 276 g/mol. The molecule has 104 valence electrons. The molecule has 20 heavy (non-hydrogen) atoms. The van der Waals surface area contributed by atoms with Gasteiger partial charge in [0.05, 0.1) is 12.2 Å². The molecule has 2 aromatic carbocycles. The summed E-state index contributed by atoms with van der Waals surface area (Å²) in [5, 5.41) is 5.37. The number of carbonyl (C=O) groups is 1. The normalized spacial score (nSPS) is 10.3. The fourth-order valence-electron chi connectivity index (χ4n) is 1.68. The first kappa shape index (κ1) is 14.1. The van der Waals surface area contributed by atoms with Crippen molar-refractivity contribution < 1.29 is 13.6 Å². The fourth-order valence-corrected chi connectivity index (χ4v) is 1.68. The van der Waals surface area contributed by atoms with Crippen molar-refractivity contribution in [3.63, 3.8) is 0 Å². The van der Waals surface area contributed by atoms with E-state index in [1.165, 1.54) is 24.3 Å². The van der Waals surface area contributed by atoms with Crippen LogP contribution >= 0.6 is 0 Å². The molecule has 0 unspecified atom stereocenters. The molecule has 0 aliphatic carbocycles. The molecule has 0 fully saturated rings. The van der Waals surface area contributed by atoms with E-state index in [0.717, 1.165) is 5.56 Å². The van der Waals surface area contributed by atoms with Gasteiger partial charge in [0.1, 0.15) is 11.6 Å². The lowest BCUT2D eigenvalue weighted by Crippen LogP contribution is -2.28. The predicted molar refractivity (Wildman–Crippen MR) is 73.1 cm³/mol.